The lowest BCUT2D eigenvalue weighted by Crippen LogP contribution is -2.21. The highest BCUT2D eigenvalue weighted by Gasteiger charge is 2.14. The first kappa shape index (κ1) is 19.2. The number of hydrogen-bond donors (Lipinski definition) is 1. The standard InChI is InChI=1S/C19H19N3O6/c1-11-7-17(22-27-11)20-18(23)10-26-19(24)14-5-4-6-15(8-14)25-9-16-12(2)21-28-13(16)3/h4-8H,9-10H2,1-3H3,(H,20,22,23). The maximum Gasteiger partial charge on any atom is 0.338 e. The minimum Gasteiger partial charge on any atom is -0.489 e. The van der Waals surface area contributed by atoms with E-state index in [2.05, 4.69) is 15.6 Å². The van der Waals surface area contributed by atoms with E-state index in [0.717, 1.165) is 11.3 Å². The first-order chi connectivity index (χ1) is 13.4. The Bertz CT molecular complexity index is 972. The summed E-state index contributed by atoms with van der Waals surface area (Å²) in [7, 11) is 0. The Morgan fingerprint density at radius 3 is 2.61 bits per heavy atom. The Balaban J connectivity index is 1.54. The van der Waals surface area contributed by atoms with Crippen LogP contribution < -0.4 is 10.1 Å². The number of anilines is 1. The first-order valence-corrected chi connectivity index (χ1v) is 8.47. The van der Waals surface area contributed by atoms with Gasteiger partial charge in [-0.05, 0) is 39.0 Å². The van der Waals surface area contributed by atoms with Gasteiger partial charge in [-0.2, -0.15) is 0 Å². The van der Waals surface area contributed by atoms with Crippen LogP contribution in [0.3, 0.4) is 0 Å². The quantitative estimate of drug-likeness (QED) is 0.617. The molecule has 0 fully saturated rings. The molecule has 0 spiro atoms. The van der Waals surface area contributed by atoms with Crippen molar-refractivity contribution >= 4 is 17.7 Å². The fraction of sp³-hybridized carbons (Fsp3) is 0.263. The van der Waals surface area contributed by atoms with Crippen molar-refractivity contribution in [1.29, 1.82) is 0 Å². The van der Waals surface area contributed by atoms with Crippen molar-refractivity contribution in [2.45, 2.75) is 27.4 Å². The lowest BCUT2D eigenvalue weighted by molar-refractivity contribution is -0.119. The first-order valence-electron chi connectivity index (χ1n) is 8.47. The van der Waals surface area contributed by atoms with E-state index in [1.165, 1.54) is 0 Å². The van der Waals surface area contributed by atoms with Crippen LogP contribution in [0.5, 0.6) is 5.75 Å². The van der Waals surface area contributed by atoms with E-state index >= 15 is 0 Å². The van der Waals surface area contributed by atoms with Gasteiger partial charge in [-0.3, -0.25) is 4.79 Å². The highest BCUT2D eigenvalue weighted by Crippen LogP contribution is 2.19. The van der Waals surface area contributed by atoms with E-state index in [1.807, 2.05) is 6.92 Å². The van der Waals surface area contributed by atoms with Gasteiger partial charge in [-0.15, -0.1) is 0 Å². The van der Waals surface area contributed by atoms with Crippen LogP contribution in [0, 0.1) is 20.8 Å². The van der Waals surface area contributed by atoms with Gasteiger partial charge < -0.3 is 23.8 Å². The Morgan fingerprint density at radius 1 is 1.11 bits per heavy atom. The third-order valence-electron chi connectivity index (χ3n) is 3.86. The van der Waals surface area contributed by atoms with Crippen LogP contribution in [-0.4, -0.2) is 28.8 Å². The molecule has 0 saturated heterocycles. The predicted octanol–water partition coefficient (Wildman–Crippen LogP) is 2.96. The van der Waals surface area contributed by atoms with Crippen molar-refractivity contribution in [1.82, 2.24) is 10.3 Å². The van der Waals surface area contributed by atoms with Crippen LogP contribution in [-0.2, 0) is 16.1 Å². The molecule has 146 valence electrons. The average molecular weight is 385 g/mol. The number of rotatable bonds is 7. The van der Waals surface area contributed by atoms with Crippen molar-refractivity contribution in [2.24, 2.45) is 0 Å². The van der Waals surface area contributed by atoms with Crippen LogP contribution in [0.15, 0.2) is 39.4 Å². The lowest BCUT2D eigenvalue weighted by atomic mass is 10.2. The summed E-state index contributed by atoms with van der Waals surface area (Å²) in [5, 5.41) is 9.97. The summed E-state index contributed by atoms with van der Waals surface area (Å²) < 4.78 is 20.7. The highest BCUT2D eigenvalue weighted by atomic mass is 16.5. The molecule has 3 rings (SSSR count). The zero-order valence-electron chi connectivity index (χ0n) is 15.6. The molecule has 0 aliphatic rings. The third kappa shape index (κ3) is 4.76. The van der Waals surface area contributed by atoms with E-state index in [9.17, 15) is 9.59 Å². The molecule has 2 heterocycles. The maximum absolute atomic E-state index is 12.2. The molecule has 0 unspecified atom stereocenters. The second-order valence-electron chi connectivity index (χ2n) is 6.07. The Labute approximate surface area is 160 Å². The van der Waals surface area contributed by atoms with Gasteiger partial charge in [-0.25, -0.2) is 4.79 Å². The minimum atomic E-state index is -0.644. The summed E-state index contributed by atoms with van der Waals surface area (Å²) in [5.41, 5.74) is 1.87. The number of carbonyl (C=O) groups is 2. The predicted molar refractivity (Wildman–Crippen MR) is 96.9 cm³/mol. The van der Waals surface area contributed by atoms with Crippen LogP contribution >= 0.6 is 0 Å². The van der Waals surface area contributed by atoms with Gasteiger partial charge in [0.05, 0.1) is 16.8 Å². The summed E-state index contributed by atoms with van der Waals surface area (Å²) >= 11 is 0. The van der Waals surface area contributed by atoms with Gasteiger partial charge in [0.2, 0.25) is 0 Å². The van der Waals surface area contributed by atoms with Crippen LogP contribution in [0.25, 0.3) is 0 Å². The summed E-state index contributed by atoms with van der Waals surface area (Å²) in [6.07, 6.45) is 0. The second kappa shape index (κ2) is 8.38. The molecule has 28 heavy (non-hydrogen) atoms. The number of aromatic nitrogens is 2. The molecule has 0 aliphatic carbocycles. The second-order valence-corrected chi connectivity index (χ2v) is 6.07. The zero-order valence-corrected chi connectivity index (χ0v) is 15.6. The monoisotopic (exact) mass is 385 g/mol. The van der Waals surface area contributed by atoms with E-state index in [0.29, 0.717) is 17.3 Å². The van der Waals surface area contributed by atoms with Crippen molar-refractivity contribution in [2.75, 3.05) is 11.9 Å². The zero-order chi connectivity index (χ0) is 20.1. The summed E-state index contributed by atoms with van der Waals surface area (Å²) in [5.74, 6) is 0.814. The molecule has 9 nitrogen and oxygen atoms in total. The number of esters is 1. The molecule has 3 aromatic rings. The van der Waals surface area contributed by atoms with Gasteiger partial charge in [0.1, 0.15) is 23.9 Å². The average Bonchev–Trinajstić information content (AvgIpc) is 3.23. The number of ether oxygens (including phenoxy) is 2. The van der Waals surface area contributed by atoms with E-state index < -0.39 is 18.5 Å². The number of amides is 1. The van der Waals surface area contributed by atoms with Gasteiger partial charge in [-0.1, -0.05) is 16.4 Å². The fourth-order valence-electron chi connectivity index (χ4n) is 2.39. The summed E-state index contributed by atoms with van der Waals surface area (Å²) in [6.45, 7) is 5.14. The van der Waals surface area contributed by atoms with E-state index in [1.54, 1.807) is 44.2 Å². The number of nitrogens with one attached hydrogen (secondary N) is 1. The van der Waals surface area contributed by atoms with Gasteiger partial charge in [0, 0.05) is 6.07 Å². The number of carbonyl (C=O) groups excluding carboxylic acids is 2. The fourth-order valence-corrected chi connectivity index (χ4v) is 2.39. The van der Waals surface area contributed by atoms with Crippen LogP contribution in [0.4, 0.5) is 5.82 Å². The number of nitrogens with zero attached hydrogens (tertiary/aromatic N) is 2. The van der Waals surface area contributed by atoms with Gasteiger partial charge in [0.15, 0.2) is 12.4 Å². The third-order valence-corrected chi connectivity index (χ3v) is 3.86. The maximum atomic E-state index is 12.2. The number of benzene rings is 1. The molecule has 9 heteroatoms. The van der Waals surface area contributed by atoms with E-state index in [4.69, 9.17) is 18.5 Å². The molecular formula is C19H19N3O6. The van der Waals surface area contributed by atoms with Crippen LogP contribution in [0.1, 0.15) is 33.1 Å². The van der Waals surface area contributed by atoms with E-state index in [-0.39, 0.29) is 18.0 Å². The Morgan fingerprint density at radius 2 is 1.93 bits per heavy atom. The largest absolute Gasteiger partial charge is 0.489 e. The van der Waals surface area contributed by atoms with Gasteiger partial charge in [0.25, 0.3) is 5.91 Å². The van der Waals surface area contributed by atoms with Crippen LogP contribution in [0.2, 0.25) is 0 Å². The summed E-state index contributed by atoms with van der Waals surface area (Å²) in [4.78, 5) is 24.0. The molecule has 1 amide bonds. The van der Waals surface area contributed by atoms with Gasteiger partial charge >= 0.3 is 5.97 Å². The highest BCUT2D eigenvalue weighted by molar-refractivity contribution is 5.95. The smallest absolute Gasteiger partial charge is 0.338 e. The molecule has 0 aliphatic heterocycles. The lowest BCUT2D eigenvalue weighted by Gasteiger charge is -2.08. The van der Waals surface area contributed by atoms with Crippen molar-refractivity contribution in [3.63, 3.8) is 0 Å². The molecule has 0 radical (unpaired) electrons. The molecular weight excluding hydrogens is 366 g/mol. The minimum absolute atomic E-state index is 0.258. The molecule has 0 atom stereocenters. The number of aryl methyl sites for hydroxylation is 3. The van der Waals surface area contributed by atoms with Crippen molar-refractivity contribution in [3.8, 4) is 5.75 Å². The molecule has 1 aromatic carbocycles. The summed E-state index contributed by atoms with van der Waals surface area (Å²) in [6, 6.07) is 8.05. The van der Waals surface area contributed by atoms with Crippen molar-refractivity contribution in [3.05, 3.63) is 58.7 Å². The molecule has 1 N–H and O–H groups in total. The molecule has 0 bridgehead atoms. The Kier molecular flexibility index (Phi) is 5.73. The Hall–Kier alpha value is -3.62. The van der Waals surface area contributed by atoms with Crippen molar-refractivity contribution < 1.29 is 28.1 Å². The normalized spacial score (nSPS) is 10.5. The number of hydrogen-bond acceptors (Lipinski definition) is 8. The molecule has 2 aromatic heterocycles. The topological polar surface area (TPSA) is 117 Å². The SMILES string of the molecule is Cc1cc(NC(=O)COC(=O)c2cccc(OCc3c(C)noc3C)c2)no1. The molecule has 0 saturated carbocycles.